The van der Waals surface area contributed by atoms with Gasteiger partial charge in [-0.15, -0.1) is 0 Å². The van der Waals surface area contributed by atoms with Gasteiger partial charge < -0.3 is 4.74 Å². The molecule has 1 aliphatic heterocycles. The molecule has 0 saturated heterocycles. The van der Waals surface area contributed by atoms with Crippen LogP contribution in [0.15, 0.2) is 28.9 Å². The van der Waals surface area contributed by atoms with Gasteiger partial charge in [-0.05, 0) is 24.6 Å². The van der Waals surface area contributed by atoms with E-state index >= 15 is 0 Å². The highest BCUT2D eigenvalue weighted by Crippen LogP contribution is 2.34. The predicted molar refractivity (Wildman–Crippen MR) is 94.5 cm³/mol. The minimum absolute atomic E-state index is 0.0479. The summed E-state index contributed by atoms with van der Waals surface area (Å²) in [5.74, 6) is -12.5. The number of hydrazone groups is 1. The number of rotatable bonds is 4. The van der Waals surface area contributed by atoms with E-state index in [0.29, 0.717) is 0 Å². The molecule has 0 spiro atoms. The monoisotopic (exact) mass is 427 g/mol. The van der Waals surface area contributed by atoms with E-state index in [4.69, 9.17) is 4.74 Å². The Kier molecular flexibility index (Phi) is 5.25. The van der Waals surface area contributed by atoms with Crippen molar-refractivity contribution in [1.82, 2.24) is 0 Å². The Bertz CT molecular complexity index is 1130. The smallest absolute Gasteiger partial charge is 0.311 e. The maximum atomic E-state index is 14.0. The minimum atomic E-state index is -2.37. The third-order valence-electron chi connectivity index (χ3n) is 4.17. The van der Waals surface area contributed by atoms with Gasteiger partial charge in [-0.2, -0.15) is 10.1 Å². The van der Waals surface area contributed by atoms with Crippen LogP contribution in [-0.4, -0.2) is 23.7 Å². The van der Waals surface area contributed by atoms with E-state index in [0.717, 1.165) is 12.1 Å². The number of benzene rings is 2. The van der Waals surface area contributed by atoms with Gasteiger partial charge in [0.2, 0.25) is 5.82 Å². The molecule has 0 atom stereocenters. The molecule has 0 N–H and O–H groups in total. The fraction of sp³-hybridized carbons (Fsp3) is 0.111. The topological polar surface area (TPSA) is 85.0 Å². The molecule has 0 saturated carbocycles. The van der Waals surface area contributed by atoms with E-state index in [-0.39, 0.29) is 27.6 Å². The summed E-state index contributed by atoms with van der Waals surface area (Å²) in [6.45, 7) is 1.26. The lowest BCUT2D eigenvalue weighted by molar-refractivity contribution is -0.385. The number of methoxy groups -OCH3 is 1. The van der Waals surface area contributed by atoms with Crippen LogP contribution in [0.4, 0.5) is 33.3 Å². The molecule has 0 radical (unpaired) electrons. The zero-order chi connectivity index (χ0) is 22.3. The second-order valence-electron chi connectivity index (χ2n) is 5.97. The van der Waals surface area contributed by atoms with Gasteiger partial charge >= 0.3 is 5.69 Å². The predicted octanol–water partition coefficient (Wildman–Crippen LogP) is 4.11. The summed E-state index contributed by atoms with van der Waals surface area (Å²) in [7, 11) is 1.22. The van der Waals surface area contributed by atoms with Crippen LogP contribution in [0.5, 0.6) is 5.75 Å². The first-order valence-corrected chi connectivity index (χ1v) is 8.04. The number of nitrogens with zero attached hydrogens (tertiary/aromatic N) is 3. The molecular formula is C18H10F5N3O4. The van der Waals surface area contributed by atoms with E-state index in [9.17, 15) is 36.9 Å². The molecule has 1 heterocycles. The van der Waals surface area contributed by atoms with Gasteiger partial charge in [0.05, 0.1) is 23.3 Å². The summed E-state index contributed by atoms with van der Waals surface area (Å²) in [5.41, 5.74) is -2.18. The number of carbonyl (C=O) groups is 1. The van der Waals surface area contributed by atoms with Crippen molar-refractivity contribution < 1.29 is 36.4 Å². The quantitative estimate of drug-likeness (QED) is 0.184. The van der Waals surface area contributed by atoms with E-state index < -0.39 is 51.3 Å². The summed E-state index contributed by atoms with van der Waals surface area (Å²) in [4.78, 5) is 23.0. The van der Waals surface area contributed by atoms with E-state index in [1.54, 1.807) is 0 Å². The highest BCUT2D eigenvalue weighted by Gasteiger charge is 2.37. The molecule has 30 heavy (non-hydrogen) atoms. The fourth-order valence-electron chi connectivity index (χ4n) is 2.72. The van der Waals surface area contributed by atoms with Crippen molar-refractivity contribution in [1.29, 1.82) is 0 Å². The van der Waals surface area contributed by atoms with Crippen molar-refractivity contribution in [2.75, 3.05) is 12.1 Å². The van der Waals surface area contributed by atoms with Crippen LogP contribution in [0.2, 0.25) is 0 Å². The first kappa shape index (κ1) is 20.9. The van der Waals surface area contributed by atoms with Crippen molar-refractivity contribution >= 4 is 29.1 Å². The average molecular weight is 427 g/mol. The number of carbonyl (C=O) groups excluding carboxylic acids is 1. The van der Waals surface area contributed by atoms with Crippen molar-refractivity contribution in [3.8, 4) is 5.75 Å². The third kappa shape index (κ3) is 3.25. The summed E-state index contributed by atoms with van der Waals surface area (Å²) < 4.78 is 73.1. The van der Waals surface area contributed by atoms with Crippen LogP contribution in [0.25, 0.3) is 6.08 Å². The largest absolute Gasteiger partial charge is 0.490 e. The summed E-state index contributed by atoms with van der Waals surface area (Å²) in [5, 5.41) is 14.8. The Morgan fingerprint density at radius 3 is 2.17 bits per heavy atom. The Balaban J connectivity index is 2.08. The van der Waals surface area contributed by atoms with Crippen LogP contribution >= 0.6 is 0 Å². The number of ether oxygens (including phenoxy) is 1. The Morgan fingerprint density at radius 1 is 1.07 bits per heavy atom. The van der Waals surface area contributed by atoms with Crippen LogP contribution < -0.4 is 9.75 Å². The van der Waals surface area contributed by atoms with Gasteiger partial charge in [-0.1, -0.05) is 6.07 Å². The van der Waals surface area contributed by atoms with Crippen molar-refractivity contribution in [2.24, 2.45) is 5.10 Å². The highest BCUT2D eigenvalue weighted by atomic mass is 19.2. The molecule has 1 amide bonds. The lowest BCUT2D eigenvalue weighted by atomic mass is 10.1. The average Bonchev–Trinajstić information content (AvgIpc) is 2.99. The maximum absolute atomic E-state index is 14.0. The molecular weight excluding hydrogens is 417 g/mol. The number of hydrogen-bond donors (Lipinski definition) is 0. The highest BCUT2D eigenvalue weighted by molar-refractivity contribution is 6.32. The third-order valence-corrected chi connectivity index (χ3v) is 4.17. The molecule has 0 fully saturated rings. The van der Waals surface area contributed by atoms with Crippen LogP contribution in [-0.2, 0) is 4.79 Å². The van der Waals surface area contributed by atoms with Crippen molar-refractivity contribution in [3.63, 3.8) is 0 Å². The number of hydrogen-bond acceptors (Lipinski definition) is 5. The molecule has 2 aromatic rings. The molecule has 12 heteroatoms. The maximum Gasteiger partial charge on any atom is 0.311 e. The van der Waals surface area contributed by atoms with Gasteiger partial charge in [-0.3, -0.25) is 14.9 Å². The molecule has 156 valence electrons. The van der Waals surface area contributed by atoms with Crippen LogP contribution in [0.3, 0.4) is 0 Å². The summed E-state index contributed by atoms with van der Waals surface area (Å²) in [6, 6.07) is 3.70. The van der Waals surface area contributed by atoms with Crippen molar-refractivity contribution in [2.45, 2.75) is 6.92 Å². The Hall–Kier alpha value is -3.83. The standard InChI is InChI=1S/C18H10F5N3O4/c1-7-9(5-8-3-4-11(30-2)10(6-8)26(28)29)18(27)25(24-7)17-15(22)13(20)12(19)14(21)16(17)23/h3-6H,1-2H3/b9-5+. The van der Waals surface area contributed by atoms with Crippen LogP contribution in [0.1, 0.15) is 12.5 Å². The Labute approximate surface area is 164 Å². The SMILES string of the molecule is COc1ccc(/C=C2/C(=O)N(c3c(F)c(F)c(F)c(F)c3F)N=C2C)cc1[N+](=O)[O-]. The number of nitro groups is 1. The van der Waals surface area contributed by atoms with E-state index in [1.165, 1.54) is 26.2 Å². The van der Waals surface area contributed by atoms with Gasteiger partial charge in [-0.25, -0.2) is 22.0 Å². The number of anilines is 1. The summed E-state index contributed by atoms with van der Waals surface area (Å²) >= 11 is 0. The lowest BCUT2D eigenvalue weighted by Gasteiger charge is -2.15. The first-order valence-electron chi connectivity index (χ1n) is 8.04. The molecule has 0 unspecified atom stereocenters. The number of amides is 1. The van der Waals surface area contributed by atoms with Crippen molar-refractivity contribution in [3.05, 3.63) is 68.5 Å². The number of nitro benzene ring substituents is 1. The second kappa shape index (κ2) is 7.54. The minimum Gasteiger partial charge on any atom is -0.490 e. The normalized spacial score (nSPS) is 15.0. The van der Waals surface area contributed by atoms with Gasteiger partial charge in [0.25, 0.3) is 5.91 Å². The zero-order valence-electron chi connectivity index (χ0n) is 15.2. The molecule has 0 aromatic heterocycles. The molecule has 0 bridgehead atoms. The van der Waals surface area contributed by atoms with Gasteiger partial charge in [0.1, 0.15) is 5.69 Å². The van der Waals surface area contributed by atoms with Crippen LogP contribution in [0, 0.1) is 39.2 Å². The van der Waals surface area contributed by atoms with Gasteiger partial charge in [0, 0.05) is 6.07 Å². The fourth-order valence-corrected chi connectivity index (χ4v) is 2.72. The van der Waals surface area contributed by atoms with Gasteiger partial charge in [0.15, 0.2) is 29.0 Å². The van der Waals surface area contributed by atoms with E-state index in [1.807, 2.05) is 0 Å². The molecule has 1 aliphatic rings. The zero-order valence-corrected chi connectivity index (χ0v) is 15.2. The lowest BCUT2D eigenvalue weighted by Crippen LogP contribution is -2.25. The Morgan fingerprint density at radius 2 is 1.63 bits per heavy atom. The molecule has 7 nitrogen and oxygen atoms in total. The summed E-state index contributed by atoms with van der Waals surface area (Å²) in [6.07, 6.45) is 1.12. The molecule has 0 aliphatic carbocycles. The van der Waals surface area contributed by atoms with E-state index in [2.05, 4.69) is 5.10 Å². The molecule has 2 aromatic carbocycles. The second-order valence-corrected chi connectivity index (χ2v) is 5.97. The molecule has 3 rings (SSSR count). The first-order chi connectivity index (χ1) is 14.1. The number of halogens is 5.